The molecule has 0 bridgehead atoms. The molecular weight excluding hydrogens is 112 g/mol. The van der Waals surface area contributed by atoms with E-state index in [-0.39, 0.29) is 0 Å². The molecule has 0 aromatic rings. The predicted molar refractivity (Wildman–Crippen MR) is 37.0 cm³/mol. The molecule has 9 heavy (non-hydrogen) atoms. The van der Waals surface area contributed by atoms with Crippen LogP contribution in [0.2, 0.25) is 0 Å². The van der Waals surface area contributed by atoms with Crippen LogP contribution in [-0.4, -0.2) is 19.6 Å². The van der Waals surface area contributed by atoms with Gasteiger partial charge < -0.3 is 11.1 Å². The SMILES string of the molecule is NCC1CNCC2CC12. The van der Waals surface area contributed by atoms with Crippen LogP contribution in [0.1, 0.15) is 6.42 Å². The number of rotatable bonds is 1. The van der Waals surface area contributed by atoms with Gasteiger partial charge in [-0.2, -0.15) is 0 Å². The van der Waals surface area contributed by atoms with Crippen molar-refractivity contribution in [3.8, 4) is 0 Å². The molecule has 2 rings (SSSR count). The van der Waals surface area contributed by atoms with Gasteiger partial charge in [-0.25, -0.2) is 0 Å². The zero-order valence-corrected chi connectivity index (χ0v) is 5.64. The van der Waals surface area contributed by atoms with E-state index in [1.807, 2.05) is 0 Å². The van der Waals surface area contributed by atoms with Crippen LogP contribution in [0.15, 0.2) is 0 Å². The van der Waals surface area contributed by atoms with E-state index in [0.717, 1.165) is 30.8 Å². The van der Waals surface area contributed by atoms with Gasteiger partial charge in [-0.05, 0) is 43.8 Å². The summed E-state index contributed by atoms with van der Waals surface area (Å²) in [5, 5.41) is 3.40. The Morgan fingerprint density at radius 2 is 2.33 bits per heavy atom. The van der Waals surface area contributed by atoms with Crippen molar-refractivity contribution in [3.63, 3.8) is 0 Å². The average Bonchev–Trinajstić information content (AvgIpc) is 2.64. The van der Waals surface area contributed by atoms with Crippen molar-refractivity contribution in [2.75, 3.05) is 19.6 Å². The van der Waals surface area contributed by atoms with Crippen LogP contribution >= 0.6 is 0 Å². The molecule has 2 aliphatic rings. The normalized spacial score (nSPS) is 48.3. The van der Waals surface area contributed by atoms with Crippen LogP contribution in [-0.2, 0) is 0 Å². The average molecular weight is 126 g/mol. The van der Waals surface area contributed by atoms with Gasteiger partial charge in [-0.15, -0.1) is 0 Å². The van der Waals surface area contributed by atoms with Gasteiger partial charge in [-0.1, -0.05) is 0 Å². The molecule has 52 valence electrons. The summed E-state index contributed by atoms with van der Waals surface area (Å²) in [5.41, 5.74) is 5.58. The highest BCUT2D eigenvalue weighted by molar-refractivity contribution is 4.97. The van der Waals surface area contributed by atoms with Crippen LogP contribution in [0, 0.1) is 17.8 Å². The van der Waals surface area contributed by atoms with Crippen molar-refractivity contribution in [1.82, 2.24) is 5.32 Å². The third-order valence-electron chi connectivity index (χ3n) is 2.70. The molecule has 3 N–H and O–H groups in total. The number of piperidine rings is 1. The molecule has 0 aromatic carbocycles. The summed E-state index contributed by atoms with van der Waals surface area (Å²) in [4.78, 5) is 0. The molecule has 1 saturated carbocycles. The van der Waals surface area contributed by atoms with Crippen molar-refractivity contribution in [2.45, 2.75) is 6.42 Å². The minimum atomic E-state index is 0.795. The monoisotopic (exact) mass is 126 g/mol. The Labute approximate surface area is 55.8 Å². The lowest BCUT2D eigenvalue weighted by Gasteiger charge is -2.20. The first-order valence-corrected chi connectivity index (χ1v) is 3.82. The Balaban J connectivity index is 1.93. The Bertz CT molecular complexity index is 113. The summed E-state index contributed by atoms with van der Waals surface area (Å²) in [5.74, 6) is 2.78. The van der Waals surface area contributed by atoms with Crippen LogP contribution in [0.4, 0.5) is 0 Å². The Morgan fingerprint density at radius 3 is 3.00 bits per heavy atom. The van der Waals surface area contributed by atoms with Crippen LogP contribution in [0.3, 0.4) is 0 Å². The predicted octanol–water partition coefficient (Wildman–Crippen LogP) is -0.199. The smallest absolute Gasteiger partial charge is 0.000557 e. The lowest BCUT2D eigenvalue weighted by molar-refractivity contribution is 0.362. The number of hydrogen-bond donors (Lipinski definition) is 2. The fourth-order valence-electron chi connectivity index (χ4n) is 1.95. The standard InChI is InChI=1S/C7H14N2/c8-2-6-4-9-3-5-1-7(5)6/h5-7,9H,1-4,8H2. The molecular formula is C7H14N2. The molecule has 1 saturated heterocycles. The Kier molecular flexibility index (Phi) is 1.24. The van der Waals surface area contributed by atoms with Crippen molar-refractivity contribution >= 4 is 0 Å². The first-order chi connectivity index (χ1) is 4.42. The lowest BCUT2D eigenvalue weighted by atomic mass is 9.99. The number of hydrogen-bond acceptors (Lipinski definition) is 2. The van der Waals surface area contributed by atoms with Gasteiger partial charge in [0.25, 0.3) is 0 Å². The van der Waals surface area contributed by atoms with Crippen molar-refractivity contribution < 1.29 is 0 Å². The first-order valence-electron chi connectivity index (χ1n) is 3.82. The molecule has 2 heteroatoms. The zero-order chi connectivity index (χ0) is 6.27. The zero-order valence-electron chi connectivity index (χ0n) is 5.64. The second kappa shape index (κ2) is 1.96. The molecule has 3 atom stereocenters. The quantitative estimate of drug-likeness (QED) is 0.510. The summed E-state index contributed by atoms with van der Waals surface area (Å²) in [6.07, 6.45) is 1.44. The highest BCUT2D eigenvalue weighted by atomic mass is 14.9. The van der Waals surface area contributed by atoms with Gasteiger partial charge in [0.1, 0.15) is 0 Å². The molecule has 1 heterocycles. The molecule has 0 amide bonds. The van der Waals surface area contributed by atoms with Gasteiger partial charge in [-0.3, -0.25) is 0 Å². The van der Waals surface area contributed by atoms with Gasteiger partial charge in [0.15, 0.2) is 0 Å². The topological polar surface area (TPSA) is 38.0 Å². The van der Waals surface area contributed by atoms with E-state index in [1.165, 1.54) is 13.0 Å². The highest BCUT2D eigenvalue weighted by Gasteiger charge is 2.44. The fourth-order valence-corrected chi connectivity index (χ4v) is 1.95. The first kappa shape index (κ1) is 5.69. The van der Waals surface area contributed by atoms with Gasteiger partial charge in [0.05, 0.1) is 0 Å². The maximum Gasteiger partial charge on any atom is -0.000557 e. The molecule has 0 aromatic heterocycles. The Hall–Kier alpha value is -0.0800. The molecule has 3 unspecified atom stereocenters. The molecule has 2 fully saturated rings. The van der Waals surface area contributed by atoms with E-state index in [2.05, 4.69) is 5.32 Å². The van der Waals surface area contributed by atoms with Crippen molar-refractivity contribution in [1.29, 1.82) is 0 Å². The summed E-state index contributed by atoms with van der Waals surface area (Å²) in [6.45, 7) is 3.30. The van der Waals surface area contributed by atoms with E-state index in [9.17, 15) is 0 Å². The third-order valence-corrected chi connectivity index (χ3v) is 2.70. The van der Waals surface area contributed by atoms with Crippen LogP contribution in [0.25, 0.3) is 0 Å². The summed E-state index contributed by atoms with van der Waals surface area (Å²) < 4.78 is 0. The number of nitrogens with one attached hydrogen (secondary N) is 1. The third kappa shape index (κ3) is 0.864. The molecule has 1 aliphatic heterocycles. The van der Waals surface area contributed by atoms with E-state index in [1.54, 1.807) is 0 Å². The van der Waals surface area contributed by atoms with E-state index in [0.29, 0.717) is 0 Å². The van der Waals surface area contributed by atoms with E-state index < -0.39 is 0 Å². The summed E-state index contributed by atoms with van der Waals surface area (Å²) in [6, 6.07) is 0. The minimum Gasteiger partial charge on any atom is -0.330 e. The maximum atomic E-state index is 5.58. The molecule has 0 radical (unpaired) electrons. The summed E-state index contributed by atoms with van der Waals surface area (Å²) >= 11 is 0. The van der Waals surface area contributed by atoms with Crippen molar-refractivity contribution in [2.24, 2.45) is 23.5 Å². The van der Waals surface area contributed by atoms with E-state index in [4.69, 9.17) is 5.73 Å². The van der Waals surface area contributed by atoms with Gasteiger partial charge >= 0.3 is 0 Å². The van der Waals surface area contributed by atoms with Gasteiger partial charge in [0, 0.05) is 0 Å². The number of fused-ring (bicyclic) bond motifs is 1. The molecule has 2 nitrogen and oxygen atoms in total. The highest BCUT2D eigenvalue weighted by Crippen LogP contribution is 2.45. The lowest BCUT2D eigenvalue weighted by Crippen LogP contribution is -2.35. The second-order valence-corrected chi connectivity index (χ2v) is 3.31. The fraction of sp³-hybridized carbons (Fsp3) is 1.00. The number of nitrogens with two attached hydrogens (primary N) is 1. The van der Waals surface area contributed by atoms with Crippen molar-refractivity contribution in [3.05, 3.63) is 0 Å². The molecule has 0 spiro atoms. The molecule has 1 aliphatic carbocycles. The second-order valence-electron chi connectivity index (χ2n) is 3.31. The van der Waals surface area contributed by atoms with Gasteiger partial charge in [0.2, 0.25) is 0 Å². The van der Waals surface area contributed by atoms with Crippen LogP contribution in [0.5, 0.6) is 0 Å². The van der Waals surface area contributed by atoms with E-state index >= 15 is 0 Å². The summed E-state index contributed by atoms with van der Waals surface area (Å²) in [7, 11) is 0. The maximum absolute atomic E-state index is 5.58. The Morgan fingerprint density at radius 1 is 1.44 bits per heavy atom. The largest absolute Gasteiger partial charge is 0.330 e. The van der Waals surface area contributed by atoms with Crippen LogP contribution < -0.4 is 11.1 Å². The minimum absolute atomic E-state index is 0.795.